The van der Waals surface area contributed by atoms with Gasteiger partial charge in [0, 0.05) is 154 Å². The first kappa shape index (κ1) is 67.1. The van der Waals surface area contributed by atoms with Crippen LogP contribution in [0.25, 0.3) is 86.7 Å². The Balaban J connectivity index is 0.000000121. The van der Waals surface area contributed by atoms with Crippen LogP contribution in [-0.4, -0.2) is 86.0 Å². The number of rotatable bonds is 13. The highest BCUT2D eigenvalue weighted by molar-refractivity contribution is 6.31. The van der Waals surface area contributed by atoms with Gasteiger partial charge in [-0.05, 0) is 140 Å². The summed E-state index contributed by atoms with van der Waals surface area (Å²) < 4.78 is 32.1. The number of Topliss-reactive ketones (excluding diaryl/α,β-unsaturated/α-hetero) is 1. The summed E-state index contributed by atoms with van der Waals surface area (Å²) in [4.78, 5) is 80.7. The van der Waals surface area contributed by atoms with Crippen LogP contribution >= 0.6 is 23.2 Å². The Bertz CT molecular complexity index is 5860. The molecule has 7 N–H and O–H groups in total. The van der Waals surface area contributed by atoms with Crippen molar-refractivity contribution in [3.63, 3.8) is 0 Å². The summed E-state index contributed by atoms with van der Waals surface area (Å²) in [7, 11) is 1.61. The van der Waals surface area contributed by atoms with Crippen LogP contribution < -0.4 is 26.0 Å². The Labute approximate surface area is 587 Å². The second-order valence-corrected chi connectivity index (χ2v) is 23.7. The number of hydrogen-bond donors (Lipinski definition) is 7. The third-order valence-electron chi connectivity index (χ3n) is 16.2. The zero-order chi connectivity index (χ0) is 71.1. The monoisotopic (exact) mass is 1390 g/mol. The van der Waals surface area contributed by atoms with Crippen molar-refractivity contribution in [2.24, 2.45) is 0 Å². The van der Waals surface area contributed by atoms with Gasteiger partial charge in [-0.2, -0.15) is 0 Å². The minimum atomic E-state index is -1.03. The molecule has 0 saturated carbocycles. The summed E-state index contributed by atoms with van der Waals surface area (Å²) >= 11 is 11.9. The number of carboxylic acid groups (broad SMARTS) is 3. The molecule has 0 aliphatic heterocycles. The van der Waals surface area contributed by atoms with Gasteiger partial charge >= 0.3 is 17.9 Å². The first-order valence-electron chi connectivity index (χ1n) is 31.0. The van der Waals surface area contributed by atoms with Crippen LogP contribution in [0.1, 0.15) is 48.4 Å². The molecule has 8 heterocycles. The molecule has 8 aromatic carbocycles. The zero-order valence-corrected chi connectivity index (χ0v) is 55.0. The number of ether oxygens (including phenoxy) is 1. The molecule has 0 atom stereocenters. The highest BCUT2D eigenvalue weighted by atomic mass is 35.5. The zero-order valence-electron chi connectivity index (χ0n) is 53.5. The molecule has 500 valence electrons. The van der Waals surface area contributed by atoms with Gasteiger partial charge in [-0.3, -0.25) is 24.7 Å². The summed E-state index contributed by atoms with van der Waals surface area (Å²) in [6.07, 6.45) is 13.7. The van der Waals surface area contributed by atoms with Crippen molar-refractivity contribution in [2.75, 3.05) is 28.4 Å². The highest BCUT2D eigenvalue weighted by Crippen LogP contribution is 2.37. The summed E-state index contributed by atoms with van der Waals surface area (Å²) in [5.74, 6) is -0.776. The molecule has 0 aliphatic rings. The van der Waals surface area contributed by atoms with Crippen molar-refractivity contribution < 1.29 is 48.0 Å². The highest BCUT2D eigenvalue weighted by Gasteiger charge is 2.18. The lowest BCUT2D eigenvalue weighted by molar-refractivity contribution is 0.0686. The van der Waals surface area contributed by atoms with E-state index in [9.17, 15) is 43.3 Å². The van der Waals surface area contributed by atoms with Crippen LogP contribution in [0, 0.1) is 11.6 Å². The topological polar surface area (TPSA) is 289 Å². The minimum absolute atomic E-state index is 0.00470. The number of nitrogens with zero attached hydrogens (tertiary/aromatic N) is 8. The first-order valence-corrected chi connectivity index (χ1v) is 31.8. The number of fused-ring (bicyclic) bond motifs is 12. The first-order chi connectivity index (χ1) is 49.4. The minimum Gasteiger partial charge on any atom is -0.497 e. The molecule has 0 unspecified atom stereocenters. The molecule has 8 aromatic heterocycles. The van der Waals surface area contributed by atoms with E-state index in [1.165, 1.54) is 43.3 Å². The van der Waals surface area contributed by atoms with Crippen molar-refractivity contribution in [2.45, 2.75) is 6.92 Å². The molecular formula is C78H52Cl2F2N12O8. The van der Waals surface area contributed by atoms with Crippen molar-refractivity contribution in [1.82, 2.24) is 39.9 Å². The Morgan fingerprint density at radius 1 is 0.373 bits per heavy atom. The van der Waals surface area contributed by atoms with Gasteiger partial charge in [0.05, 0.1) is 50.9 Å². The maximum atomic E-state index is 13.5. The molecule has 0 bridgehead atoms. The van der Waals surface area contributed by atoms with Crippen LogP contribution in [0.5, 0.6) is 5.75 Å². The maximum absolute atomic E-state index is 13.5. The normalized spacial score (nSPS) is 10.9. The lowest BCUT2D eigenvalue weighted by Gasteiger charge is -2.12. The van der Waals surface area contributed by atoms with E-state index in [1.54, 1.807) is 148 Å². The molecule has 0 saturated heterocycles. The number of halogens is 4. The SMILES string of the molecule is CC(=O)c1ccc2c(c1)nc(Nc1cccc(F)c1)c1ccncc12.COc1cccc(Nc2nc3cc(C(=O)O)ccc3c3cnccc23)c1.O=C(O)c1ccc2c(c1)nc(Nc1ccc(F)c(Cl)c1)c1ccncc12.O=C(O)c1ccc2c(c1)nc(Nc1cccc(Cl)c1)c1ccncc12. The van der Waals surface area contributed by atoms with Gasteiger partial charge in [-0.15, -0.1) is 0 Å². The van der Waals surface area contributed by atoms with Crippen LogP contribution in [0.15, 0.2) is 238 Å². The molecular weight excluding hydrogens is 1340 g/mol. The van der Waals surface area contributed by atoms with Gasteiger partial charge in [-0.1, -0.05) is 71.7 Å². The number of nitrogens with one attached hydrogen (secondary N) is 4. The van der Waals surface area contributed by atoms with E-state index in [0.717, 1.165) is 81.8 Å². The molecule has 20 nitrogen and oxygen atoms in total. The van der Waals surface area contributed by atoms with Crippen LogP contribution in [0.4, 0.5) is 54.8 Å². The summed E-state index contributed by atoms with van der Waals surface area (Å²) in [6.45, 7) is 1.52. The number of aromatic carboxylic acids is 3. The molecule has 0 radical (unpaired) electrons. The average molecular weight is 1390 g/mol. The van der Waals surface area contributed by atoms with Crippen LogP contribution in [-0.2, 0) is 0 Å². The van der Waals surface area contributed by atoms with Gasteiger partial charge in [-0.25, -0.2) is 43.1 Å². The summed E-state index contributed by atoms with van der Waals surface area (Å²) in [6, 6.07) is 52.8. The fourth-order valence-electron chi connectivity index (χ4n) is 11.3. The average Bonchev–Trinajstić information content (AvgIpc) is 0.787. The van der Waals surface area contributed by atoms with Gasteiger partial charge in [0.2, 0.25) is 0 Å². The Kier molecular flexibility index (Phi) is 19.3. The molecule has 16 aromatic rings. The number of ketones is 1. The lowest BCUT2D eigenvalue weighted by Crippen LogP contribution is -1.99. The van der Waals surface area contributed by atoms with E-state index in [2.05, 4.69) is 61.1 Å². The number of carbonyl (C=O) groups is 4. The predicted octanol–water partition coefficient (Wildman–Crippen LogP) is 19.0. The van der Waals surface area contributed by atoms with Crippen LogP contribution in [0.3, 0.4) is 0 Å². The quantitative estimate of drug-likeness (QED) is 0.0417. The predicted molar refractivity (Wildman–Crippen MR) is 394 cm³/mol. The molecule has 0 spiro atoms. The van der Waals surface area contributed by atoms with E-state index in [1.807, 2.05) is 60.7 Å². The summed E-state index contributed by atoms with van der Waals surface area (Å²) in [5.41, 5.74) is 6.30. The van der Waals surface area contributed by atoms with Crippen molar-refractivity contribution in [3.8, 4) is 5.75 Å². The third-order valence-corrected chi connectivity index (χ3v) is 16.7. The number of anilines is 8. The standard InChI is InChI=1S/C20H14FN3O.C20H15N3O3.C19H11ClFN3O2.C19H12ClN3O2/c1-12(25)13-5-6-16-18-11-22-8-7-17(18)20(24-19(16)9-13)23-15-4-2-3-14(21)10-15;1-26-14-4-2-3-13(10-14)22-19-16-7-8-21-11-17(16)15-6-5-12(20(24)25)9-18(15)23-19;20-15-8-11(2-4-16(15)21)23-18-13-5-6-22-9-14(13)12-3-1-10(19(25)26)7-17(12)24-18;20-12-2-1-3-13(9-12)22-18-15-6-7-21-10-16(15)14-5-4-11(19(24)25)8-17(14)23-18/h2-11H,1H3,(H,23,24);2-11H,1H3,(H,22,23)(H,24,25);1-9H,(H,23,24)(H,25,26);1-10H,(H,22,23)(H,24,25). The molecule has 0 fully saturated rings. The fourth-order valence-corrected chi connectivity index (χ4v) is 11.7. The molecule has 0 aliphatic carbocycles. The number of methoxy groups -OCH3 is 1. The van der Waals surface area contributed by atoms with E-state index in [4.69, 9.17) is 27.9 Å². The van der Waals surface area contributed by atoms with Gasteiger partial charge < -0.3 is 41.3 Å². The van der Waals surface area contributed by atoms with E-state index in [-0.39, 0.29) is 33.3 Å². The van der Waals surface area contributed by atoms with E-state index in [0.29, 0.717) is 67.3 Å². The number of carboxylic acids is 3. The fraction of sp³-hybridized carbons (Fsp3) is 0.0256. The molecule has 0 amide bonds. The van der Waals surface area contributed by atoms with Crippen molar-refractivity contribution in [1.29, 1.82) is 0 Å². The number of pyridine rings is 8. The van der Waals surface area contributed by atoms with Gasteiger partial charge in [0.15, 0.2) is 5.78 Å². The summed E-state index contributed by atoms with van der Waals surface area (Å²) in [5, 5.41) is 51.6. The maximum Gasteiger partial charge on any atom is 0.335 e. The van der Waals surface area contributed by atoms with E-state index >= 15 is 0 Å². The number of carbonyl (C=O) groups excluding carboxylic acids is 1. The second-order valence-electron chi connectivity index (χ2n) is 22.8. The third kappa shape index (κ3) is 14.7. The Morgan fingerprint density at radius 3 is 1.09 bits per heavy atom. The lowest BCUT2D eigenvalue weighted by atomic mass is 10.0. The van der Waals surface area contributed by atoms with E-state index < -0.39 is 23.7 Å². The Morgan fingerprint density at radius 2 is 0.725 bits per heavy atom. The van der Waals surface area contributed by atoms with Crippen molar-refractivity contribution >= 4 is 180 Å². The van der Waals surface area contributed by atoms with Gasteiger partial charge in [0.1, 0.15) is 40.7 Å². The number of aromatic nitrogens is 8. The molecule has 102 heavy (non-hydrogen) atoms. The molecule has 16 rings (SSSR count). The second kappa shape index (κ2) is 29.3. The van der Waals surface area contributed by atoms with Gasteiger partial charge in [0.25, 0.3) is 0 Å². The largest absolute Gasteiger partial charge is 0.497 e. The number of hydrogen-bond acceptors (Lipinski definition) is 17. The van der Waals surface area contributed by atoms with Crippen LogP contribution in [0.2, 0.25) is 10.0 Å². The smallest absolute Gasteiger partial charge is 0.335 e. The van der Waals surface area contributed by atoms with Crippen molar-refractivity contribution in [3.05, 3.63) is 282 Å². The number of benzene rings is 8. The molecule has 24 heteroatoms. The Hall–Kier alpha value is -13.4.